The second kappa shape index (κ2) is 8.19. The summed E-state index contributed by atoms with van der Waals surface area (Å²) < 4.78 is 0. The molecule has 1 atom stereocenters. The van der Waals surface area contributed by atoms with Crippen LogP contribution in [0, 0.1) is 0 Å². The van der Waals surface area contributed by atoms with Crippen molar-refractivity contribution in [2.45, 2.75) is 19.3 Å². The zero-order valence-corrected chi connectivity index (χ0v) is 15.4. The fourth-order valence-electron chi connectivity index (χ4n) is 2.23. The highest BCUT2D eigenvalue weighted by Crippen LogP contribution is 2.22. The Balaban J connectivity index is 1.58. The van der Waals surface area contributed by atoms with E-state index in [-0.39, 0.29) is 16.8 Å². The summed E-state index contributed by atoms with van der Waals surface area (Å²) in [5.41, 5.74) is 0.587. The average Bonchev–Trinajstić information content (AvgIpc) is 3.08. The maximum Gasteiger partial charge on any atom is 0.265 e. The molecular formula is C16H15N5O3S2. The summed E-state index contributed by atoms with van der Waals surface area (Å²) in [6.45, 7) is 1.95. The van der Waals surface area contributed by atoms with Crippen LogP contribution >= 0.6 is 23.1 Å². The molecule has 26 heavy (non-hydrogen) atoms. The Morgan fingerprint density at radius 1 is 1.27 bits per heavy atom. The van der Waals surface area contributed by atoms with Crippen molar-refractivity contribution in [1.29, 1.82) is 0 Å². The van der Waals surface area contributed by atoms with Crippen LogP contribution in [-0.4, -0.2) is 38.8 Å². The van der Waals surface area contributed by atoms with Crippen LogP contribution in [0.3, 0.4) is 0 Å². The molecule has 3 amide bonds. The van der Waals surface area contributed by atoms with Gasteiger partial charge in [0.1, 0.15) is 10.9 Å². The first-order valence-corrected chi connectivity index (χ1v) is 9.60. The third-order valence-corrected chi connectivity index (χ3v) is 5.30. The number of hydrogen-bond donors (Lipinski definition) is 2. The lowest BCUT2D eigenvalue weighted by Crippen LogP contribution is -2.41. The monoisotopic (exact) mass is 389 g/mol. The number of aromatic nitrogens is 2. The molecule has 0 bridgehead atoms. The molecule has 10 heteroatoms. The van der Waals surface area contributed by atoms with E-state index in [9.17, 15) is 14.4 Å². The third-order valence-electron chi connectivity index (χ3n) is 3.44. The van der Waals surface area contributed by atoms with Gasteiger partial charge >= 0.3 is 0 Å². The zero-order valence-electron chi connectivity index (χ0n) is 13.8. The van der Waals surface area contributed by atoms with Gasteiger partial charge in [-0.2, -0.15) is 4.99 Å². The molecule has 8 nitrogen and oxygen atoms in total. The summed E-state index contributed by atoms with van der Waals surface area (Å²) in [5.74, 6) is -2.27. The van der Waals surface area contributed by atoms with Gasteiger partial charge in [-0.3, -0.25) is 19.7 Å². The number of carbonyl (C=O) groups excluding carboxylic acids is 3. The Labute approximate surface area is 157 Å². The number of nitrogens with zero attached hydrogens (tertiary/aromatic N) is 3. The molecule has 0 fully saturated rings. The van der Waals surface area contributed by atoms with Crippen molar-refractivity contribution in [2.24, 2.45) is 4.99 Å². The van der Waals surface area contributed by atoms with Crippen molar-refractivity contribution >= 4 is 51.1 Å². The Hall–Kier alpha value is -2.59. The Kier molecular flexibility index (Phi) is 5.74. The minimum absolute atomic E-state index is 0.0105. The number of hydrogen-bond acceptors (Lipinski definition) is 7. The van der Waals surface area contributed by atoms with Crippen molar-refractivity contribution in [1.82, 2.24) is 15.5 Å². The van der Waals surface area contributed by atoms with E-state index >= 15 is 0 Å². The zero-order chi connectivity index (χ0) is 18.5. The maximum absolute atomic E-state index is 12.2. The molecule has 2 N–H and O–H groups in total. The van der Waals surface area contributed by atoms with Crippen LogP contribution in [0.1, 0.15) is 23.4 Å². The number of aliphatic imine (C=N–C) groups is 1. The van der Waals surface area contributed by atoms with E-state index in [1.54, 1.807) is 30.3 Å². The summed E-state index contributed by atoms with van der Waals surface area (Å²) in [6, 6.07) is 8.72. The Morgan fingerprint density at radius 2 is 2.04 bits per heavy atom. The summed E-state index contributed by atoms with van der Waals surface area (Å²) in [6.07, 6.45) is 0.746. The molecule has 0 radical (unpaired) electrons. The van der Waals surface area contributed by atoms with E-state index in [0.717, 1.165) is 23.2 Å². The summed E-state index contributed by atoms with van der Waals surface area (Å²) in [5, 5.41) is 14.3. The van der Waals surface area contributed by atoms with E-state index in [2.05, 4.69) is 25.8 Å². The first-order valence-electron chi connectivity index (χ1n) is 7.80. The van der Waals surface area contributed by atoms with Gasteiger partial charge < -0.3 is 5.32 Å². The van der Waals surface area contributed by atoms with Gasteiger partial charge in [0.25, 0.3) is 5.91 Å². The summed E-state index contributed by atoms with van der Waals surface area (Å²) in [7, 11) is 0. The van der Waals surface area contributed by atoms with Gasteiger partial charge in [0.05, 0.1) is 5.75 Å². The van der Waals surface area contributed by atoms with Gasteiger partial charge in [0.2, 0.25) is 16.9 Å². The van der Waals surface area contributed by atoms with Crippen molar-refractivity contribution in [3.8, 4) is 0 Å². The lowest BCUT2D eigenvalue weighted by atomic mass is 9.97. The van der Waals surface area contributed by atoms with Gasteiger partial charge in [0, 0.05) is 0 Å². The van der Waals surface area contributed by atoms with E-state index < -0.39 is 17.7 Å². The van der Waals surface area contributed by atoms with Crippen LogP contribution in [-0.2, 0) is 20.8 Å². The molecule has 1 aromatic carbocycles. The van der Waals surface area contributed by atoms with Gasteiger partial charge in [-0.25, -0.2) is 0 Å². The fourth-order valence-corrected chi connectivity index (χ4v) is 3.59. The van der Waals surface area contributed by atoms with E-state index in [1.165, 1.54) is 11.3 Å². The van der Waals surface area contributed by atoms with Crippen molar-refractivity contribution < 1.29 is 14.4 Å². The third kappa shape index (κ3) is 4.33. The number of rotatable bonds is 5. The SMILES string of the molecule is CCc1nnc(NC(=O)CSC2=NC(=O)C(c3ccccc3)C(=O)N2)s1. The summed E-state index contributed by atoms with van der Waals surface area (Å²) in [4.78, 5) is 40.3. The van der Waals surface area contributed by atoms with Crippen LogP contribution in [0.25, 0.3) is 0 Å². The van der Waals surface area contributed by atoms with Crippen molar-refractivity contribution in [3.63, 3.8) is 0 Å². The number of nitrogens with one attached hydrogen (secondary N) is 2. The van der Waals surface area contributed by atoms with Crippen LogP contribution in [0.2, 0.25) is 0 Å². The number of amides is 3. The molecule has 1 aromatic heterocycles. The van der Waals surface area contributed by atoms with Crippen LogP contribution in [0.15, 0.2) is 35.3 Å². The van der Waals surface area contributed by atoms with E-state index in [0.29, 0.717) is 10.7 Å². The standard InChI is InChI=1S/C16H15N5O3S2/c1-2-11-20-21-16(26-11)17-10(22)8-25-15-18-13(23)12(14(24)19-15)9-6-4-3-5-7-9/h3-7,12H,2,8H2,1H3,(H,17,21,22)(H,18,19,23,24). The lowest BCUT2D eigenvalue weighted by molar-refractivity contribution is -0.129. The smallest absolute Gasteiger partial charge is 0.265 e. The lowest BCUT2D eigenvalue weighted by Gasteiger charge is -2.19. The van der Waals surface area contributed by atoms with Crippen molar-refractivity contribution in [3.05, 3.63) is 40.9 Å². The van der Waals surface area contributed by atoms with Gasteiger partial charge in [-0.15, -0.1) is 10.2 Å². The number of carbonyl (C=O) groups is 3. The highest BCUT2D eigenvalue weighted by Gasteiger charge is 2.33. The largest absolute Gasteiger partial charge is 0.304 e. The second-order valence-corrected chi connectivity index (χ2v) is 7.31. The fraction of sp³-hybridized carbons (Fsp3) is 0.250. The predicted molar refractivity (Wildman–Crippen MR) is 100 cm³/mol. The second-order valence-electron chi connectivity index (χ2n) is 5.28. The normalized spacial score (nSPS) is 16.8. The number of benzene rings is 1. The highest BCUT2D eigenvalue weighted by atomic mass is 32.2. The number of anilines is 1. The molecule has 0 spiro atoms. The van der Waals surface area contributed by atoms with Gasteiger partial charge in [-0.05, 0) is 12.0 Å². The first kappa shape index (κ1) is 18.2. The molecule has 0 aliphatic carbocycles. The van der Waals surface area contributed by atoms with Crippen molar-refractivity contribution in [2.75, 3.05) is 11.1 Å². The van der Waals surface area contributed by atoms with E-state index in [4.69, 9.17) is 0 Å². The van der Waals surface area contributed by atoms with Gasteiger partial charge in [0.15, 0.2) is 5.17 Å². The minimum atomic E-state index is -0.955. The topological polar surface area (TPSA) is 113 Å². The van der Waals surface area contributed by atoms with Gasteiger partial charge in [-0.1, -0.05) is 60.4 Å². The average molecular weight is 389 g/mol. The first-order chi connectivity index (χ1) is 12.6. The number of amidine groups is 1. The molecule has 2 heterocycles. The minimum Gasteiger partial charge on any atom is -0.304 e. The van der Waals surface area contributed by atoms with Crippen LogP contribution in [0.4, 0.5) is 5.13 Å². The highest BCUT2D eigenvalue weighted by molar-refractivity contribution is 8.14. The summed E-state index contributed by atoms with van der Waals surface area (Å²) >= 11 is 2.29. The van der Waals surface area contributed by atoms with E-state index in [1.807, 2.05) is 6.92 Å². The number of thioether (sulfide) groups is 1. The molecule has 1 aliphatic rings. The maximum atomic E-state index is 12.2. The Morgan fingerprint density at radius 3 is 2.69 bits per heavy atom. The quantitative estimate of drug-likeness (QED) is 0.751. The molecule has 0 saturated heterocycles. The molecule has 1 unspecified atom stereocenters. The molecule has 0 saturated carbocycles. The molecule has 3 rings (SSSR count). The van der Waals surface area contributed by atoms with Crippen LogP contribution in [0.5, 0.6) is 0 Å². The predicted octanol–water partition coefficient (Wildman–Crippen LogP) is 1.57. The molecule has 134 valence electrons. The Bertz CT molecular complexity index is 866. The number of aryl methyl sites for hydroxylation is 1. The molecule has 1 aliphatic heterocycles. The molecule has 2 aromatic rings. The molecular weight excluding hydrogens is 374 g/mol. The van der Waals surface area contributed by atoms with Crippen LogP contribution < -0.4 is 10.6 Å².